The molecule has 1 aliphatic rings. The van der Waals surface area contributed by atoms with Crippen LogP contribution in [0.5, 0.6) is 0 Å². The molecule has 0 aliphatic heterocycles. The lowest BCUT2D eigenvalue weighted by atomic mass is 9.82. The van der Waals surface area contributed by atoms with Gasteiger partial charge in [-0.05, 0) is 46.0 Å². The van der Waals surface area contributed by atoms with Crippen molar-refractivity contribution in [2.75, 3.05) is 0 Å². The topological polar surface area (TPSA) is 17.8 Å². The number of benzene rings is 4. The van der Waals surface area contributed by atoms with Gasteiger partial charge in [0.15, 0.2) is 0 Å². The Bertz CT molecular complexity index is 1680. The Kier molecular flexibility index (Phi) is 4.52. The van der Waals surface area contributed by atoms with E-state index in [0.29, 0.717) is 0 Å². The van der Waals surface area contributed by atoms with Gasteiger partial charge in [0.2, 0.25) is 0 Å². The van der Waals surface area contributed by atoms with E-state index in [4.69, 9.17) is 4.98 Å². The molecule has 0 bridgehead atoms. The van der Waals surface area contributed by atoms with Gasteiger partial charge in [-0.15, -0.1) is 0 Å². The van der Waals surface area contributed by atoms with Gasteiger partial charge in [-0.2, -0.15) is 0 Å². The second kappa shape index (κ2) is 7.79. The first-order valence-electron chi connectivity index (χ1n) is 12.5. The van der Waals surface area contributed by atoms with Gasteiger partial charge in [0.1, 0.15) is 5.82 Å². The Morgan fingerprint density at radius 2 is 1.31 bits per heavy atom. The summed E-state index contributed by atoms with van der Waals surface area (Å²) in [5.41, 5.74) is 11.0. The largest absolute Gasteiger partial charge is 0.301 e. The van der Waals surface area contributed by atoms with Crippen LogP contribution in [-0.4, -0.2) is 9.55 Å². The second-order valence-corrected chi connectivity index (χ2v) is 10.1. The predicted molar refractivity (Wildman–Crippen MR) is 150 cm³/mol. The summed E-state index contributed by atoms with van der Waals surface area (Å²) in [6.07, 6.45) is 2.17. The molecular formula is C34H26N2. The van der Waals surface area contributed by atoms with Crippen LogP contribution in [0.3, 0.4) is 0 Å². The molecular weight excluding hydrogens is 436 g/mol. The van der Waals surface area contributed by atoms with Crippen molar-refractivity contribution < 1.29 is 0 Å². The van der Waals surface area contributed by atoms with Crippen LogP contribution in [0.25, 0.3) is 50.2 Å². The highest BCUT2D eigenvalue weighted by Gasteiger charge is 2.36. The molecule has 0 spiro atoms. The van der Waals surface area contributed by atoms with E-state index in [1.807, 2.05) is 6.07 Å². The molecule has 0 unspecified atom stereocenters. The Morgan fingerprint density at radius 1 is 0.611 bits per heavy atom. The quantitative estimate of drug-likeness (QED) is 0.257. The normalized spacial score (nSPS) is 13.5. The average molecular weight is 463 g/mol. The van der Waals surface area contributed by atoms with Crippen LogP contribution in [0.2, 0.25) is 0 Å². The van der Waals surface area contributed by atoms with E-state index in [2.05, 4.69) is 134 Å². The van der Waals surface area contributed by atoms with Crippen molar-refractivity contribution in [1.29, 1.82) is 0 Å². The summed E-state index contributed by atoms with van der Waals surface area (Å²) in [4.78, 5) is 5.20. The van der Waals surface area contributed by atoms with Crippen LogP contribution in [0.1, 0.15) is 25.0 Å². The van der Waals surface area contributed by atoms with Gasteiger partial charge in [-0.1, -0.05) is 111 Å². The molecule has 0 saturated heterocycles. The number of aromatic nitrogens is 2. The summed E-state index contributed by atoms with van der Waals surface area (Å²) < 4.78 is 2.28. The predicted octanol–water partition coefficient (Wildman–Crippen LogP) is 8.67. The number of fused-ring (bicyclic) bond motifs is 5. The van der Waals surface area contributed by atoms with Crippen LogP contribution in [0.15, 0.2) is 121 Å². The number of hydrogen-bond donors (Lipinski definition) is 0. The minimum absolute atomic E-state index is 0.0380. The first-order chi connectivity index (χ1) is 17.6. The smallest absolute Gasteiger partial charge is 0.138 e. The minimum atomic E-state index is -0.0380. The third-order valence-corrected chi connectivity index (χ3v) is 7.63. The van der Waals surface area contributed by atoms with E-state index < -0.39 is 0 Å². The highest BCUT2D eigenvalue weighted by molar-refractivity contribution is 6.01. The van der Waals surface area contributed by atoms with Crippen LogP contribution in [0, 0.1) is 0 Å². The fourth-order valence-electron chi connectivity index (χ4n) is 5.80. The van der Waals surface area contributed by atoms with E-state index in [1.165, 1.54) is 38.7 Å². The molecule has 6 aromatic rings. The second-order valence-electron chi connectivity index (χ2n) is 10.1. The van der Waals surface area contributed by atoms with Gasteiger partial charge < -0.3 is 4.57 Å². The molecule has 2 heterocycles. The van der Waals surface area contributed by atoms with E-state index in [1.54, 1.807) is 0 Å². The lowest BCUT2D eigenvalue weighted by molar-refractivity contribution is 0.661. The highest BCUT2D eigenvalue weighted by atomic mass is 15.1. The van der Waals surface area contributed by atoms with Crippen LogP contribution < -0.4 is 0 Å². The van der Waals surface area contributed by atoms with Crippen molar-refractivity contribution in [2.24, 2.45) is 0 Å². The monoisotopic (exact) mass is 462 g/mol. The molecule has 0 saturated carbocycles. The zero-order valence-corrected chi connectivity index (χ0v) is 20.4. The van der Waals surface area contributed by atoms with Crippen molar-refractivity contribution in [1.82, 2.24) is 9.55 Å². The maximum atomic E-state index is 5.20. The molecule has 2 heteroatoms. The number of pyridine rings is 1. The Balaban J connectivity index is 1.53. The maximum Gasteiger partial charge on any atom is 0.138 e. The van der Waals surface area contributed by atoms with Gasteiger partial charge in [-0.25, -0.2) is 4.98 Å². The van der Waals surface area contributed by atoms with Gasteiger partial charge >= 0.3 is 0 Å². The summed E-state index contributed by atoms with van der Waals surface area (Å²) in [7, 11) is 0. The molecule has 36 heavy (non-hydrogen) atoms. The van der Waals surface area contributed by atoms with Crippen molar-refractivity contribution in [3.63, 3.8) is 0 Å². The lowest BCUT2D eigenvalue weighted by Gasteiger charge is -2.21. The molecule has 2 nitrogen and oxygen atoms in total. The van der Waals surface area contributed by atoms with Crippen LogP contribution >= 0.6 is 0 Å². The van der Waals surface area contributed by atoms with Gasteiger partial charge in [0.05, 0.1) is 11.2 Å². The van der Waals surface area contributed by atoms with Crippen LogP contribution in [-0.2, 0) is 5.41 Å². The number of nitrogens with zero attached hydrogens (tertiary/aromatic N) is 2. The molecule has 0 fully saturated rings. The highest BCUT2D eigenvalue weighted by Crippen LogP contribution is 2.51. The molecule has 2 aromatic heterocycles. The summed E-state index contributed by atoms with van der Waals surface area (Å²) >= 11 is 0. The Hall–Kier alpha value is -4.43. The molecule has 0 radical (unpaired) electrons. The van der Waals surface area contributed by atoms with Gasteiger partial charge in [0, 0.05) is 28.1 Å². The maximum absolute atomic E-state index is 5.20. The van der Waals surface area contributed by atoms with E-state index in [0.717, 1.165) is 22.6 Å². The molecule has 172 valence electrons. The average Bonchev–Trinajstić information content (AvgIpc) is 3.46. The third kappa shape index (κ3) is 3.08. The standard InChI is InChI=1S/C34H26N2/c1-34(2)28-16-10-9-15-27(28)32-29(34)18-17-25-19-20-36(33(25)32)31-22-26(23-11-5-3-6-12-23)21-30(35-31)24-13-7-4-8-14-24/h3-22H,1-2H3. The first kappa shape index (κ1) is 20.9. The molecule has 4 aromatic carbocycles. The Labute approximate surface area is 211 Å². The van der Waals surface area contributed by atoms with Crippen molar-refractivity contribution >= 4 is 10.9 Å². The summed E-state index contributed by atoms with van der Waals surface area (Å²) in [5.74, 6) is 0.931. The summed E-state index contributed by atoms with van der Waals surface area (Å²) in [6, 6.07) is 41.1. The summed E-state index contributed by atoms with van der Waals surface area (Å²) in [6.45, 7) is 4.66. The molecule has 0 atom stereocenters. The fourth-order valence-corrected chi connectivity index (χ4v) is 5.80. The zero-order chi connectivity index (χ0) is 24.3. The van der Waals surface area contributed by atoms with E-state index in [-0.39, 0.29) is 5.41 Å². The van der Waals surface area contributed by atoms with Crippen LogP contribution in [0.4, 0.5) is 0 Å². The van der Waals surface area contributed by atoms with E-state index >= 15 is 0 Å². The van der Waals surface area contributed by atoms with Crippen molar-refractivity contribution in [3.05, 3.63) is 133 Å². The first-order valence-corrected chi connectivity index (χ1v) is 12.5. The van der Waals surface area contributed by atoms with Crippen molar-refractivity contribution in [3.8, 4) is 39.3 Å². The van der Waals surface area contributed by atoms with E-state index in [9.17, 15) is 0 Å². The van der Waals surface area contributed by atoms with Gasteiger partial charge in [0.25, 0.3) is 0 Å². The SMILES string of the molecule is CC1(C)c2ccccc2-c2c1ccc1ccn(-c3cc(-c4ccccc4)cc(-c4ccccc4)n3)c21. The third-order valence-electron chi connectivity index (χ3n) is 7.63. The number of hydrogen-bond acceptors (Lipinski definition) is 1. The van der Waals surface area contributed by atoms with Crippen molar-refractivity contribution in [2.45, 2.75) is 19.3 Å². The molecule has 0 N–H and O–H groups in total. The minimum Gasteiger partial charge on any atom is -0.301 e. The molecule has 1 aliphatic carbocycles. The molecule has 7 rings (SSSR count). The van der Waals surface area contributed by atoms with Gasteiger partial charge in [-0.3, -0.25) is 0 Å². The Morgan fingerprint density at radius 3 is 2.08 bits per heavy atom. The number of rotatable bonds is 3. The fraction of sp³-hybridized carbons (Fsp3) is 0.0882. The zero-order valence-electron chi connectivity index (χ0n) is 20.4. The summed E-state index contributed by atoms with van der Waals surface area (Å²) in [5, 5.41) is 1.23. The molecule has 0 amide bonds. The lowest BCUT2D eigenvalue weighted by Crippen LogP contribution is -2.14.